The van der Waals surface area contributed by atoms with Crippen molar-refractivity contribution in [3.63, 3.8) is 0 Å². The standard InChI is InChI=1S/C14H17N3O3S/c1-10-3-2-5-17-7-11(16-13(10)17)8-21-6-4-12(14(19)20)15-9-18/h2-3,5,7,9,12H,4,6,8H2,1H3,(H,15,18)(H,19,20). The number of aryl methyl sites for hydroxylation is 1. The summed E-state index contributed by atoms with van der Waals surface area (Å²) in [6.45, 7) is 2.02. The van der Waals surface area contributed by atoms with Crippen molar-refractivity contribution in [2.75, 3.05) is 5.75 Å². The van der Waals surface area contributed by atoms with Gasteiger partial charge < -0.3 is 14.8 Å². The molecule has 0 aliphatic carbocycles. The van der Waals surface area contributed by atoms with E-state index in [0.29, 0.717) is 24.3 Å². The topological polar surface area (TPSA) is 83.7 Å². The molecular formula is C14H17N3O3S. The first-order valence-corrected chi connectivity index (χ1v) is 7.70. The second-order valence-electron chi connectivity index (χ2n) is 4.67. The van der Waals surface area contributed by atoms with Crippen LogP contribution in [0.15, 0.2) is 24.5 Å². The zero-order chi connectivity index (χ0) is 15.2. The van der Waals surface area contributed by atoms with Crippen LogP contribution in [0.25, 0.3) is 5.65 Å². The Morgan fingerprint density at radius 3 is 3.10 bits per heavy atom. The maximum atomic E-state index is 10.9. The van der Waals surface area contributed by atoms with Crippen LogP contribution in [0.1, 0.15) is 17.7 Å². The van der Waals surface area contributed by atoms with Gasteiger partial charge >= 0.3 is 5.97 Å². The molecule has 1 unspecified atom stereocenters. The number of carboxylic acid groups (broad SMARTS) is 1. The van der Waals surface area contributed by atoms with Crippen LogP contribution >= 0.6 is 11.8 Å². The minimum atomic E-state index is -1.01. The van der Waals surface area contributed by atoms with E-state index in [2.05, 4.69) is 10.3 Å². The van der Waals surface area contributed by atoms with Crippen LogP contribution in [0.2, 0.25) is 0 Å². The molecule has 0 fully saturated rings. The Balaban J connectivity index is 1.86. The van der Waals surface area contributed by atoms with Crippen molar-refractivity contribution in [1.82, 2.24) is 14.7 Å². The fourth-order valence-electron chi connectivity index (χ4n) is 2.01. The van der Waals surface area contributed by atoms with Crippen molar-refractivity contribution in [2.24, 2.45) is 0 Å². The van der Waals surface area contributed by atoms with E-state index in [9.17, 15) is 9.59 Å². The first-order chi connectivity index (χ1) is 10.1. The fraction of sp³-hybridized carbons (Fsp3) is 0.357. The summed E-state index contributed by atoms with van der Waals surface area (Å²) >= 11 is 1.60. The minimum Gasteiger partial charge on any atom is -0.480 e. The van der Waals surface area contributed by atoms with E-state index in [-0.39, 0.29) is 0 Å². The van der Waals surface area contributed by atoms with Crippen molar-refractivity contribution in [3.05, 3.63) is 35.8 Å². The SMILES string of the molecule is Cc1cccn2cc(CSCCC(NC=O)C(=O)O)nc12. The molecule has 0 saturated carbocycles. The summed E-state index contributed by atoms with van der Waals surface area (Å²) in [5.74, 6) is 0.352. The van der Waals surface area contributed by atoms with E-state index in [4.69, 9.17) is 5.11 Å². The van der Waals surface area contributed by atoms with Crippen LogP contribution in [-0.4, -0.2) is 38.7 Å². The van der Waals surface area contributed by atoms with Gasteiger partial charge in [-0.2, -0.15) is 11.8 Å². The number of imidazole rings is 1. The summed E-state index contributed by atoms with van der Waals surface area (Å²) in [5, 5.41) is 11.2. The number of hydrogen-bond acceptors (Lipinski definition) is 4. The number of thioether (sulfide) groups is 1. The molecule has 21 heavy (non-hydrogen) atoms. The zero-order valence-electron chi connectivity index (χ0n) is 11.7. The summed E-state index contributed by atoms with van der Waals surface area (Å²) in [6, 6.07) is 3.17. The number of carbonyl (C=O) groups excluding carboxylic acids is 1. The van der Waals surface area contributed by atoms with E-state index in [0.717, 1.165) is 16.9 Å². The maximum Gasteiger partial charge on any atom is 0.326 e. The van der Waals surface area contributed by atoms with Crippen molar-refractivity contribution >= 4 is 29.8 Å². The molecule has 2 N–H and O–H groups in total. The van der Waals surface area contributed by atoms with Crippen LogP contribution in [0, 0.1) is 6.92 Å². The van der Waals surface area contributed by atoms with Gasteiger partial charge in [0.2, 0.25) is 6.41 Å². The average Bonchev–Trinajstić information content (AvgIpc) is 2.86. The predicted octanol–water partition coefficient (Wildman–Crippen LogP) is 1.47. The monoisotopic (exact) mass is 307 g/mol. The fourth-order valence-corrected chi connectivity index (χ4v) is 2.91. The summed E-state index contributed by atoms with van der Waals surface area (Å²) in [4.78, 5) is 25.7. The third kappa shape index (κ3) is 3.98. The lowest BCUT2D eigenvalue weighted by Crippen LogP contribution is -2.36. The van der Waals surface area contributed by atoms with E-state index in [1.54, 1.807) is 11.8 Å². The molecule has 1 atom stereocenters. The third-order valence-electron chi connectivity index (χ3n) is 3.10. The summed E-state index contributed by atoms with van der Waals surface area (Å²) < 4.78 is 1.99. The van der Waals surface area contributed by atoms with E-state index in [1.807, 2.05) is 35.9 Å². The molecule has 0 aliphatic heterocycles. The smallest absolute Gasteiger partial charge is 0.326 e. The number of fused-ring (bicyclic) bond motifs is 1. The summed E-state index contributed by atoms with van der Waals surface area (Å²) in [7, 11) is 0. The Morgan fingerprint density at radius 2 is 2.43 bits per heavy atom. The Labute approximate surface area is 126 Å². The molecule has 0 radical (unpaired) electrons. The number of amides is 1. The van der Waals surface area contributed by atoms with Gasteiger partial charge in [0.25, 0.3) is 0 Å². The minimum absolute atomic E-state index is 0.394. The molecule has 6 nitrogen and oxygen atoms in total. The summed E-state index contributed by atoms with van der Waals surface area (Å²) in [5.41, 5.74) is 3.03. The van der Waals surface area contributed by atoms with Gasteiger partial charge in [-0.3, -0.25) is 4.79 Å². The van der Waals surface area contributed by atoms with Crippen molar-refractivity contribution in [1.29, 1.82) is 0 Å². The Bertz CT molecular complexity index is 641. The number of nitrogens with one attached hydrogen (secondary N) is 1. The number of aromatic nitrogens is 2. The van der Waals surface area contributed by atoms with Gasteiger partial charge in [-0.15, -0.1) is 0 Å². The third-order valence-corrected chi connectivity index (χ3v) is 4.12. The number of rotatable bonds is 8. The average molecular weight is 307 g/mol. The van der Waals surface area contributed by atoms with Gasteiger partial charge in [-0.05, 0) is 30.7 Å². The van der Waals surface area contributed by atoms with Crippen molar-refractivity contribution < 1.29 is 14.7 Å². The lowest BCUT2D eigenvalue weighted by molar-refractivity contribution is -0.140. The molecule has 2 rings (SSSR count). The number of carboxylic acids is 1. The lowest BCUT2D eigenvalue weighted by atomic mass is 10.2. The van der Waals surface area contributed by atoms with Gasteiger partial charge in [0.05, 0.1) is 5.69 Å². The number of aliphatic carboxylic acids is 1. The molecule has 0 saturated heterocycles. The van der Waals surface area contributed by atoms with Gasteiger partial charge in [-0.25, -0.2) is 9.78 Å². The largest absolute Gasteiger partial charge is 0.480 e. The Hall–Kier alpha value is -2.02. The molecule has 2 aromatic heterocycles. The van der Waals surface area contributed by atoms with Crippen LogP contribution in [0.5, 0.6) is 0 Å². The first kappa shape index (κ1) is 15.4. The van der Waals surface area contributed by atoms with Gasteiger partial charge in [0.15, 0.2) is 0 Å². The molecule has 0 aliphatic rings. The van der Waals surface area contributed by atoms with E-state index in [1.165, 1.54) is 0 Å². The van der Waals surface area contributed by atoms with Gasteiger partial charge in [0.1, 0.15) is 11.7 Å². The number of carbonyl (C=O) groups is 2. The van der Waals surface area contributed by atoms with Crippen molar-refractivity contribution in [3.8, 4) is 0 Å². The van der Waals surface area contributed by atoms with Crippen LogP contribution in [-0.2, 0) is 15.3 Å². The number of nitrogens with zero attached hydrogens (tertiary/aromatic N) is 2. The lowest BCUT2D eigenvalue weighted by Gasteiger charge is -2.09. The Morgan fingerprint density at radius 1 is 1.62 bits per heavy atom. The molecular weight excluding hydrogens is 290 g/mol. The zero-order valence-corrected chi connectivity index (χ0v) is 12.5. The molecule has 1 amide bonds. The number of hydrogen-bond donors (Lipinski definition) is 2. The quantitative estimate of drug-likeness (QED) is 0.570. The van der Waals surface area contributed by atoms with E-state index < -0.39 is 12.0 Å². The molecule has 2 heterocycles. The van der Waals surface area contributed by atoms with Crippen LogP contribution in [0.3, 0.4) is 0 Å². The van der Waals surface area contributed by atoms with E-state index >= 15 is 0 Å². The Kier molecular flexibility index (Phi) is 5.21. The highest BCUT2D eigenvalue weighted by molar-refractivity contribution is 7.98. The number of pyridine rings is 1. The van der Waals surface area contributed by atoms with Crippen LogP contribution in [0.4, 0.5) is 0 Å². The molecule has 7 heteroatoms. The van der Waals surface area contributed by atoms with Gasteiger partial charge in [0, 0.05) is 18.1 Å². The first-order valence-electron chi connectivity index (χ1n) is 6.55. The molecule has 0 aromatic carbocycles. The summed E-state index contributed by atoms with van der Waals surface area (Å²) in [6.07, 6.45) is 4.76. The maximum absolute atomic E-state index is 10.9. The van der Waals surface area contributed by atoms with Crippen molar-refractivity contribution in [2.45, 2.75) is 25.1 Å². The second-order valence-corrected chi connectivity index (χ2v) is 5.78. The highest BCUT2D eigenvalue weighted by Crippen LogP contribution is 2.16. The molecule has 112 valence electrons. The van der Waals surface area contributed by atoms with Gasteiger partial charge in [-0.1, -0.05) is 6.07 Å². The second kappa shape index (κ2) is 7.12. The predicted molar refractivity (Wildman–Crippen MR) is 81.3 cm³/mol. The molecule has 0 bridgehead atoms. The molecule has 0 spiro atoms. The normalized spacial score (nSPS) is 12.2. The van der Waals surface area contributed by atoms with Crippen LogP contribution < -0.4 is 5.32 Å². The highest BCUT2D eigenvalue weighted by atomic mass is 32.2. The highest BCUT2D eigenvalue weighted by Gasteiger charge is 2.15. The molecule has 2 aromatic rings.